The minimum atomic E-state index is 0.355. The first-order chi connectivity index (χ1) is 29.4. The van der Waals surface area contributed by atoms with Gasteiger partial charge in [0.15, 0.2) is 0 Å². The van der Waals surface area contributed by atoms with E-state index in [0.717, 1.165) is 65.7 Å². The molecule has 0 atom stereocenters. The Bertz CT molecular complexity index is 2880. The lowest BCUT2D eigenvalue weighted by Gasteiger charge is -2.28. The Morgan fingerprint density at radius 1 is 0.267 bits per heavy atom. The number of rotatable bonds is 12. The average Bonchev–Trinajstić information content (AvgIpc) is 3.31. The van der Waals surface area contributed by atoms with Crippen molar-refractivity contribution in [3.8, 4) is 85.5 Å². The summed E-state index contributed by atoms with van der Waals surface area (Å²) in [6.07, 6.45) is 0. The lowest BCUT2D eigenvalue weighted by Crippen LogP contribution is -2.07. The molecule has 0 aliphatic carbocycles. The normalized spacial score (nSPS) is 11.8. The van der Waals surface area contributed by atoms with Crippen LogP contribution in [0.25, 0.3) is 98.4 Å². The van der Waals surface area contributed by atoms with Crippen molar-refractivity contribution >= 4 is 65.0 Å². The van der Waals surface area contributed by atoms with Crippen LogP contribution in [0.1, 0.15) is 0 Å². The van der Waals surface area contributed by atoms with Crippen LogP contribution in [0.3, 0.4) is 0 Å². The summed E-state index contributed by atoms with van der Waals surface area (Å²) in [6, 6.07) is 23.4. The summed E-state index contributed by atoms with van der Waals surface area (Å²) in [7, 11) is 14.7. The molecule has 0 aliphatic rings. The van der Waals surface area contributed by atoms with Crippen molar-refractivity contribution in [1.82, 2.24) is 15.0 Å². The third-order valence-electron chi connectivity index (χ3n) is 11.6. The highest BCUT2D eigenvalue weighted by atomic mass is 16.5. The highest BCUT2D eigenvalue weighted by Crippen LogP contribution is 2.62. The van der Waals surface area contributed by atoms with Crippen molar-refractivity contribution in [2.45, 2.75) is 0 Å². The van der Waals surface area contributed by atoms with Gasteiger partial charge in [-0.05, 0) is 53.1 Å². The van der Waals surface area contributed by atoms with E-state index in [9.17, 15) is 0 Å². The standard InChI is InChI=1S/C48H39N3O9/c1-52-25-16-10-22(11-17-25)28-40-34-31-35-33-36-32(34)38(47(49-40)59-8)44(56-5)30(24-14-20-27(54-3)21-15-24)42(36)51-48(60-9)39(33)45(57-6)29(23-12-18-26(53-2)19-13-23)41(35)50-46(58-7)37(31)43(28)55-4/h10-21H,1-9H3. The zero-order valence-corrected chi connectivity index (χ0v) is 34.4. The number of aromatic nitrogens is 3. The molecule has 7 aromatic carbocycles. The quantitative estimate of drug-likeness (QED) is 0.0863. The molecule has 60 heavy (non-hydrogen) atoms. The molecule has 0 bridgehead atoms. The van der Waals surface area contributed by atoms with Crippen LogP contribution in [-0.2, 0) is 0 Å². The van der Waals surface area contributed by atoms with Gasteiger partial charge in [-0.2, -0.15) is 0 Å². The van der Waals surface area contributed by atoms with Crippen LogP contribution in [0.5, 0.6) is 52.1 Å². The molecule has 12 heteroatoms. The summed E-state index contributed by atoms with van der Waals surface area (Å²) in [5.41, 5.74) is 6.58. The maximum absolute atomic E-state index is 6.45. The maximum Gasteiger partial charge on any atom is 0.225 e. The van der Waals surface area contributed by atoms with Crippen molar-refractivity contribution in [3.63, 3.8) is 0 Å². The molecule has 0 saturated heterocycles. The number of methoxy groups -OCH3 is 9. The second-order valence-corrected chi connectivity index (χ2v) is 14.2. The minimum absolute atomic E-state index is 0.355. The van der Waals surface area contributed by atoms with E-state index < -0.39 is 0 Å². The highest BCUT2D eigenvalue weighted by molar-refractivity contribution is 6.49. The van der Waals surface area contributed by atoms with E-state index in [4.69, 9.17) is 57.6 Å². The predicted octanol–water partition coefficient (Wildman–Crippen LogP) is 10.2. The van der Waals surface area contributed by atoms with Crippen molar-refractivity contribution in [3.05, 3.63) is 72.8 Å². The van der Waals surface area contributed by atoms with E-state index in [1.807, 2.05) is 72.8 Å². The molecular weight excluding hydrogens is 763 g/mol. The molecule has 0 radical (unpaired) electrons. The summed E-state index contributed by atoms with van der Waals surface area (Å²) in [6.45, 7) is 0. The van der Waals surface area contributed by atoms with E-state index >= 15 is 0 Å². The minimum Gasteiger partial charge on any atom is -0.497 e. The summed E-state index contributed by atoms with van der Waals surface area (Å²) >= 11 is 0. The Morgan fingerprint density at radius 3 is 0.717 bits per heavy atom. The van der Waals surface area contributed by atoms with E-state index in [-0.39, 0.29) is 0 Å². The molecule has 3 aromatic heterocycles. The zero-order chi connectivity index (χ0) is 41.6. The van der Waals surface area contributed by atoms with E-state index in [0.29, 0.717) is 84.8 Å². The Morgan fingerprint density at radius 2 is 0.517 bits per heavy atom. The number of hydrogen-bond donors (Lipinski definition) is 0. The van der Waals surface area contributed by atoms with Gasteiger partial charge in [0, 0.05) is 32.3 Å². The second kappa shape index (κ2) is 13.8. The van der Waals surface area contributed by atoms with Crippen LogP contribution in [0, 0.1) is 0 Å². The number of benzene rings is 7. The maximum atomic E-state index is 6.45. The Hall–Kier alpha value is -7.47. The Labute approximate surface area is 344 Å². The monoisotopic (exact) mass is 801 g/mol. The van der Waals surface area contributed by atoms with Crippen molar-refractivity contribution in [2.75, 3.05) is 64.0 Å². The second-order valence-electron chi connectivity index (χ2n) is 14.2. The number of nitrogens with zero attached hydrogens (tertiary/aromatic N) is 3. The van der Waals surface area contributed by atoms with Crippen LogP contribution in [0.4, 0.5) is 0 Å². The molecule has 0 aliphatic heterocycles. The van der Waals surface area contributed by atoms with Crippen LogP contribution in [0.15, 0.2) is 72.8 Å². The largest absolute Gasteiger partial charge is 0.497 e. The summed E-state index contributed by atoms with van der Waals surface area (Å²) in [4.78, 5) is 16.2. The molecule has 0 unspecified atom stereocenters. The molecule has 0 N–H and O–H groups in total. The number of hydrogen-bond acceptors (Lipinski definition) is 12. The summed E-state index contributed by atoms with van der Waals surface area (Å²) < 4.78 is 54.9. The molecule has 0 spiro atoms. The third kappa shape index (κ3) is 4.81. The van der Waals surface area contributed by atoms with E-state index in [1.54, 1.807) is 64.0 Å². The van der Waals surface area contributed by atoms with Gasteiger partial charge in [-0.1, -0.05) is 36.4 Å². The smallest absolute Gasteiger partial charge is 0.225 e. The average molecular weight is 802 g/mol. The first-order valence-corrected chi connectivity index (χ1v) is 19.1. The van der Waals surface area contributed by atoms with Crippen LogP contribution in [-0.4, -0.2) is 78.9 Å². The van der Waals surface area contributed by atoms with Gasteiger partial charge >= 0.3 is 0 Å². The van der Waals surface area contributed by atoms with Crippen LogP contribution < -0.4 is 42.6 Å². The van der Waals surface area contributed by atoms with E-state index in [2.05, 4.69) is 0 Å². The lowest BCUT2D eigenvalue weighted by molar-refractivity contribution is 0.394. The number of pyridine rings is 3. The fraction of sp³-hybridized carbons (Fsp3) is 0.188. The van der Waals surface area contributed by atoms with Gasteiger partial charge in [-0.3, -0.25) is 0 Å². The fourth-order valence-corrected chi connectivity index (χ4v) is 9.18. The molecule has 0 amide bonds. The first-order valence-electron chi connectivity index (χ1n) is 19.1. The fourth-order valence-electron chi connectivity index (χ4n) is 9.18. The SMILES string of the molecule is COc1ccc(-c2c(OC)c3c(OC)nc4c(-c5ccc(OC)cc5)c(OC)c5c(OC)nc6c(-c7ccc(OC)cc7)c(OC)c7c(OC)nc2c2c7c6c5c4c32)cc1. The van der Waals surface area contributed by atoms with Crippen molar-refractivity contribution in [2.24, 2.45) is 0 Å². The van der Waals surface area contributed by atoms with Crippen molar-refractivity contribution in [1.29, 1.82) is 0 Å². The lowest BCUT2D eigenvalue weighted by atomic mass is 9.81. The third-order valence-corrected chi connectivity index (χ3v) is 11.6. The Kier molecular flexibility index (Phi) is 8.49. The Balaban J connectivity index is 1.58. The molecule has 12 nitrogen and oxygen atoms in total. The first kappa shape index (κ1) is 36.8. The van der Waals surface area contributed by atoms with Gasteiger partial charge in [-0.15, -0.1) is 0 Å². The van der Waals surface area contributed by atoms with Crippen LogP contribution in [0.2, 0.25) is 0 Å². The highest BCUT2D eigenvalue weighted by Gasteiger charge is 2.37. The summed E-state index contributed by atoms with van der Waals surface area (Å²) in [5, 5.41) is 6.95. The van der Waals surface area contributed by atoms with Gasteiger partial charge in [0.2, 0.25) is 17.6 Å². The molecule has 10 aromatic rings. The van der Waals surface area contributed by atoms with Gasteiger partial charge in [-0.25, -0.2) is 15.0 Å². The number of ether oxygens (including phenoxy) is 9. The van der Waals surface area contributed by atoms with Crippen molar-refractivity contribution < 1.29 is 42.6 Å². The molecule has 3 heterocycles. The van der Waals surface area contributed by atoms with Gasteiger partial charge in [0.25, 0.3) is 0 Å². The molecular formula is C48H39N3O9. The molecule has 0 saturated carbocycles. The van der Waals surface area contributed by atoms with Gasteiger partial charge in [0.05, 0.1) is 113 Å². The predicted molar refractivity (Wildman–Crippen MR) is 234 cm³/mol. The molecule has 0 fully saturated rings. The molecule has 300 valence electrons. The zero-order valence-electron chi connectivity index (χ0n) is 34.4. The van der Waals surface area contributed by atoms with Gasteiger partial charge in [0.1, 0.15) is 34.5 Å². The van der Waals surface area contributed by atoms with Gasteiger partial charge < -0.3 is 42.6 Å². The van der Waals surface area contributed by atoms with E-state index in [1.165, 1.54) is 0 Å². The summed E-state index contributed by atoms with van der Waals surface area (Å²) in [5.74, 6) is 4.77. The topological polar surface area (TPSA) is 122 Å². The van der Waals surface area contributed by atoms with Crippen LogP contribution >= 0.6 is 0 Å². The molecule has 10 rings (SSSR count).